The van der Waals surface area contributed by atoms with Gasteiger partial charge in [0.25, 0.3) is 0 Å². The molecule has 0 heteroatoms. The number of hydrogen-bond donors (Lipinski definition) is 0. The Morgan fingerprint density at radius 3 is 2.20 bits per heavy atom. The molecule has 0 amide bonds. The first-order valence-electron chi connectivity index (χ1n) is 3.88. The second-order valence-electron chi connectivity index (χ2n) is 3.23. The molecule has 0 radical (unpaired) electrons. The smallest absolute Gasteiger partial charge is 0.0227 e. The molecule has 10 heavy (non-hydrogen) atoms. The van der Waals surface area contributed by atoms with E-state index in [4.69, 9.17) is 0 Å². The van der Waals surface area contributed by atoms with Crippen LogP contribution in [0.2, 0.25) is 0 Å². The van der Waals surface area contributed by atoms with Crippen molar-refractivity contribution < 1.29 is 0 Å². The van der Waals surface area contributed by atoms with E-state index in [-0.39, 0.29) is 0 Å². The van der Waals surface area contributed by atoms with E-state index in [0.717, 1.165) is 6.42 Å². The van der Waals surface area contributed by atoms with Gasteiger partial charge in [-0.2, -0.15) is 0 Å². The molecule has 1 unspecified atom stereocenters. The van der Waals surface area contributed by atoms with Gasteiger partial charge in [0.05, 0.1) is 0 Å². The largest absolute Gasteiger partial charge is 0.103 e. The zero-order chi connectivity index (χ0) is 8.15. The zero-order valence-corrected chi connectivity index (χ0v) is 7.35. The van der Waals surface area contributed by atoms with E-state index in [1.807, 2.05) is 6.08 Å². The first-order chi connectivity index (χ1) is 4.57. The van der Waals surface area contributed by atoms with Crippen molar-refractivity contribution in [3.8, 4) is 0 Å². The fourth-order valence-electron chi connectivity index (χ4n) is 0.733. The van der Waals surface area contributed by atoms with Crippen LogP contribution in [0.25, 0.3) is 0 Å². The molecule has 1 atom stereocenters. The van der Waals surface area contributed by atoms with Crippen LogP contribution in [-0.2, 0) is 0 Å². The first-order valence-corrected chi connectivity index (χ1v) is 3.88. The third kappa shape index (κ3) is 3.49. The predicted octanol–water partition coefficient (Wildman–Crippen LogP) is 3.41. The van der Waals surface area contributed by atoms with Gasteiger partial charge < -0.3 is 0 Å². The summed E-state index contributed by atoms with van der Waals surface area (Å²) in [5.41, 5.74) is 1.33. The molecule has 0 spiro atoms. The molecule has 0 aliphatic heterocycles. The Balaban J connectivity index is 3.68. The van der Waals surface area contributed by atoms with Gasteiger partial charge >= 0.3 is 0 Å². The summed E-state index contributed by atoms with van der Waals surface area (Å²) < 4.78 is 0. The van der Waals surface area contributed by atoms with E-state index in [9.17, 15) is 0 Å². The molecule has 0 aliphatic rings. The summed E-state index contributed by atoms with van der Waals surface area (Å²) in [6.07, 6.45) is 3.06. The van der Waals surface area contributed by atoms with Gasteiger partial charge in [0.15, 0.2) is 0 Å². The molecule has 0 aromatic carbocycles. The zero-order valence-electron chi connectivity index (χ0n) is 7.35. The monoisotopic (exact) mass is 138 g/mol. The van der Waals surface area contributed by atoms with Crippen molar-refractivity contribution in [2.75, 3.05) is 0 Å². The SMILES string of the molecule is C=CC(C)CC(=C)C(C)C. The molecule has 0 nitrogen and oxygen atoms in total. The third-order valence-corrected chi connectivity index (χ3v) is 1.80. The van der Waals surface area contributed by atoms with Crippen LogP contribution in [0.1, 0.15) is 27.2 Å². The Morgan fingerprint density at radius 2 is 1.90 bits per heavy atom. The molecule has 0 fully saturated rings. The van der Waals surface area contributed by atoms with Gasteiger partial charge in [0.2, 0.25) is 0 Å². The summed E-state index contributed by atoms with van der Waals surface area (Å²) in [5.74, 6) is 1.19. The Kier molecular flexibility index (Phi) is 4.10. The minimum atomic E-state index is 0.579. The standard InChI is InChI=1S/C10H18/c1-6-9(4)7-10(5)8(2)3/h6,8-9H,1,5,7H2,2-4H3. The highest BCUT2D eigenvalue weighted by Crippen LogP contribution is 2.17. The van der Waals surface area contributed by atoms with Gasteiger partial charge in [0, 0.05) is 0 Å². The Labute approximate surface area is 64.6 Å². The highest BCUT2D eigenvalue weighted by Gasteiger charge is 2.02. The van der Waals surface area contributed by atoms with Crippen LogP contribution in [0.3, 0.4) is 0 Å². The van der Waals surface area contributed by atoms with Crippen LogP contribution in [0.5, 0.6) is 0 Å². The van der Waals surface area contributed by atoms with Crippen molar-refractivity contribution in [3.05, 3.63) is 24.8 Å². The van der Waals surface area contributed by atoms with Crippen molar-refractivity contribution in [3.63, 3.8) is 0 Å². The molecule has 0 N–H and O–H groups in total. The minimum Gasteiger partial charge on any atom is -0.103 e. The van der Waals surface area contributed by atoms with Gasteiger partial charge in [-0.05, 0) is 18.3 Å². The number of hydrogen-bond acceptors (Lipinski definition) is 0. The normalized spacial score (nSPS) is 13.2. The van der Waals surface area contributed by atoms with E-state index in [0.29, 0.717) is 11.8 Å². The lowest BCUT2D eigenvalue weighted by molar-refractivity contribution is 0.635. The van der Waals surface area contributed by atoms with Gasteiger partial charge in [-0.25, -0.2) is 0 Å². The van der Waals surface area contributed by atoms with Crippen LogP contribution >= 0.6 is 0 Å². The van der Waals surface area contributed by atoms with Crippen molar-refractivity contribution in [2.45, 2.75) is 27.2 Å². The van der Waals surface area contributed by atoms with E-state index < -0.39 is 0 Å². The van der Waals surface area contributed by atoms with Gasteiger partial charge in [-0.15, -0.1) is 6.58 Å². The van der Waals surface area contributed by atoms with Gasteiger partial charge in [0.1, 0.15) is 0 Å². The summed E-state index contributed by atoms with van der Waals surface area (Å²) in [6, 6.07) is 0. The topological polar surface area (TPSA) is 0 Å². The van der Waals surface area contributed by atoms with E-state index >= 15 is 0 Å². The molecule has 0 saturated heterocycles. The molecule has 0 rings (SSSR count). The summed E-state index contributed by atoms with van der Waals surface area (Å²) in [6.45, 7) is 14.3. The second kappa shape index (κ2) is 4.32. The highest BCUT2D eigenvalue weighted by atomic mass is 14.1. The Bertz CT molecular complexity index is 120. The molecule has 0 aromatic heterocycles. The summed E-state index contributed by atoms with van der Waals surface area (Å²) >= 11 is 0. The number of rotatable bonds is 4. The van der Waals surface area contributed by atoms with Crippen LogP contribution in [-0.4, -0.2) is 0 Å². The van der Waals surface area contributed by atoms with Crippen molar-refractivity contribution in [1.82, 2.24) is 0 Å². The van der Waals surface area contributed by atoms with Crippen LogP contribution in [0.4, 0.5) is 0 Å². The molecular weight excluding hydrogens is 120 g/mol. The van der Waals surface area contributed by atoms with Crippen LogP contribution in [0, 0.1) is 11.8 Å². The quantitative estimate of drug-likeness (QED) is 0.522. The lowest BCUT2D eigenvalue weighted by atomic mass is 9.95. The number of allylic oxidation sites excluding steroid dienone is 2. The fourth-order valence-corrected chi connectivity index (χ4v) is 0.733. The second-order valence-corrected chi connectivity index (χ2v) is 3.23. The minimum absolute atomic E-state index is 0.579. The Hall–Kier alpha value is -0.520. The summed E-state index contributed by atoms with van der Waals surface area (Å²) in [5, 5.41) is 0. The van der Waals surface area contributed by atoms with Gasteiger partial charge in [-0.1, -0.05) is 39.0 Å². The summed E-state index contributed by atoms with van der Waals surface area (Å²) in [4.78, 5) is 0. The van der Waals surface area contributed by atoms with Crippen molar-refractivity contribution >= 4 is 0 Å². The van der Waals surface area contributed by atoms with Crippen molar-refractivity contribution in [2.24, 2.45) is 11.8 Å². The Morgan fingerprint density at radius 1 is 1.40 bits per heavy atom. The lowest BCUT2D eigenvalue weighted by Gasteiger charge is -2.11. The van der Waals surface area contributed by atoms with E-state index in [1.165, 1.54) is 5.57 Å². The molecule has 0 heterocycles. The highest BCUT2D eigenvalue weighted by molar-refractivity contribution is 5.00. The predicted molar refractivity (Wildman–Crippen MR) is 48.0 cm³/mol. The van der Waals surface area contributed by atoms with Crippen LogP contribution in [0.15, 0.2) is 24.8 Å². The maximum absolute atomic E-state index is 3.99. The van der Waals surface area contributed by atoms with Crippen molar-refractivity contribution in [1.29, 1.82) is 0 Å². The average Bonchev–Trinajstić information content (AvgIpc) is 1.87. The average molecular weight is 138 g/mol. The van der Waals surface area contributed by atoms with E-state index in [2.05, 4.69) is 33.9 Å². The fraction of sp³-hybridized carbons (Fsp3) is 0.600. The maximum atomic E-state index is 3.99. The lowest BCUT2D eigenvalue weighted by Crippen LogP contribution is -1.97. The maximum Gasteiger partial charge on any atom is -0.0227 e. The van der Waals surface area contributed by atoms with Crippen LogP contribution < -0.4 is 0 Å². The molecule has 0 aliphatic carbocycles. The van der Waals surface area contributed by atoms with E-state index in [1.54, 1.807) is 0 Å². The molecular formula is C10H18. The molecule has 0 aromatic rings. The van der Waals surface area contributed by atoms with Gasteiger partial charge in [-0.3, -0.25) is 0 Å². The summed E-state index contributed by atoms with van der Waals surface area (Å²) in [7, 11) is 0. The first kappa shape index (κ1) is 9.48. The molecule has 0 saturated carbocycles. The molecule has 0 bridgehead atoms. The molecule has 58 valence electrons. The third-order valence-electron chi connectivity index (χ3n) is 1.80.